The van der Waals surface area contributed by atoms with E-state index < -0.39 is 0 Å². The zero-order valence-electron chi connectivity index (χ0n) is 5.88. The molecule has 0 amide bonds. The fraction of sp³-hybridized carbons (Fsp3) is 0.167. The Morgan fingerprint density at radius 2 is 2.36 bits per heavy atom. The van der Waals surface area contributed by atoms with Crippen molar-refractivity contribution in [3.8, 4) is 0 Å². The van der Waals surface area contributed by atoms with Gasteiger partial charge in [-0.1, -0.05) is 20.7 Å². The van der Waals surface area contributed by atoms with E-state index in [0.717, 1.165) is 14.7 Å². The summed E-state index contributed by atoms with van der Waals surface area (Å²) in [7, 11) is 0. The molecule has 0 fully saturated rings. The molecular formula is C6H8I2N2O. The predicted molar refractivity (Wildman–Crippen MR) is 62.7 cm³/mol. The fourth-order valence-electron chi connectivity index (χ4n) is 0.670. The number of nitrogens with two attached hydrogens (primary N) is 1. The molecule has 0 aromatic carbocycles. The van der Waals surface area contributed by atoms with Crippen molar-refractivity contribution in [1.29, 1.82) is 0 Å². The number of hydrogen-bond acceptors (Lipinski definition) is 3. The van der Waals surface area contributed by atoms with Crippen LogP contribution in [0, 0.1) is 0 Å². The second kappa shape index (κ2) is 3.85. The molecule has 0 aliphatic carbocycles. The third kappa shape index (κ3) is 2.41. The molecule has 62 valence electrons. The van der Waals surface area contributed by atoms with Crippen molar-refractivity contribution in [2.75, 3.05) is 0 Å². The van der Waals surface area contributed by atoms with Crippen molar-refractivity contribution in [3.05, 3.63) is 21.0 Å². The molecule has 3 N–H and O–H groups in total. The van der Waals surface area contributed by atoms with Gasteiger partial charge >= 0.3 is 0 Å². The van der Waals surface area contributed by atoms with Crippen LogP contribution in [0.15, 0.2) is 21.0 Å². The van der Waals surface area contributed by atoms with E-state index in [-0.39, 0.29) is 20.7 Å². The number of halogens is 2. The number of nitrogens with zero attached hydrogens (tertiary/aromatic N) is 1. The molecule has 0 atom stereocenters. The highest BCUT2D eigenvalue weighted by Gasteiger charge is 2.07. The van der Waals surface area contributed by atoms with Crippen molar-refractivity contribution >= 4 is 47.6 Å². The second-order valence-corrected chi connectivity index (χ2v) is 5.82. The van der Waals surface area contributed by atoms with Gasteiger partial charge in [0.25, 0.3) is 0 Å². The van der Waals surface area contributed by atoms with Gasteiger partial charge in [0.1, 0.15) is 0 Å². The third-order valence-corrected chi connectivity index (χ3v) is 4.24. The highest BCUT2D eigenvalue weighted by atomic mass is 127. The topological polar surface area (TPSA) is 49.5 Å². The molecule has 3 nitrogen and oxygen atoms in total. The molecule has 5 heteroatoms. The molecule has 1 heterocycles. The van der Waals surface area contributed by atoms with Gasteiger partial charge in [-0.05, 0) is 17.0 Å². The highest BCUT2D eigenvalue weighted by Crippen LogP contribution is 2.26. The van der Waals surface area contributed by atoms with Crippen LogP contribution in [0.25, 0.3) is 0 Å². The van der Waals surface area contributed by atoms with Gasteiger partial charge < -0.3 is 5.73 Å². The van der Waals surface area contributed by atoms with E-state index in [0.29, 0.717) is 0 Å². The lowest BCUT2D eigenvalue weighted by Crippen LogP contribution is -2.09. The Labute approximate surface area is 89.1 Å². The van der Waals surface area contributed by atoms with Gasteiger partial charge in [-0.25, -0.2) is 0 Å². The Kier molecular flexibility index (Phi) is 3.31. The number of allylic oxidation sites excluding steroid dienone is 3. The van der Waals surface area contributed by atoms with E-state index in [1.54, 1.807) is 6.08 Å². The highest BCUT2D eigenvalue weighted by molar-refractivity contribution is 14.2. The predicted octanol–water partition coefficient (Wildman–Crippen LogP) is 1.89. The summed E-state index contributed by atoms with van der Waals surface area (Å²) < 4.78 is 4.36. The summed E-state index contributed by atoms with van der Waals surface area (Å²) in [5, 5.41) is 9.13. The van der Waals surface area contributed by atoms with Crippen LogP contribution in [0.4, 0.5) is 0 Å². The number of hydroxylamine groups is 1. The van der Waals surface area contributed by atoms with E-state index in [1.807, 2.05) is 33.8 Å². The Morgan fingerprint density at radius 1 is 1.73 bits per heavy atom. The largest absolute Gasteiger partial charge is 0.398 e. The molecule has 0 unspecified atom stereocenters. The summed E-state index contributed by atoms with van der Waals surface area (Å²) in [5.41, 5.74) is 7.17. The average Bonchev–Trinajstić information content (AvgIpc) is 1.94. The van der Waals surface area contributed by atoms with Crippen LogP contribution in [-0.2, 0) is 0 Å². The van der Waals surface area contributed by atoms with Gasteiger partial charge in [-0.3, -0.25) is 5.21 Å². The molecule has 1 aliphatic heterocycles. The Bertz CT molecular complexity index is 255. The van der Waals surface area contributed by atoms with Gasteiger partial charge in [-0.15, -0.1) is 0 Å². The van der Waals surface area contributed by atoms with Crippen LogP contribution in [-0.4, -0.2) is 12.5 Å². The number of hydrogen-bond donors (Lipinski definition) is 2. The first-order chi connectivity index (χ1) is 5.11. The Morgan fingerprint density at radius 3 is 2.82 bits per heavy atom. The summed E-state index contributed by atoms with van der Waals surface area (Å²) in [6, 6.07) is 0. The molecule has 11 heavy (non-hydrogen) atoms. The van der Waals surface area contributed by atoms with Crippen LogP contribution in [0.1, 0.15) is 6.92 Å². The molecular weight excluding hydrogens is 370 g/mol. The lowest BCUT2D eigenvalue weighted by atomic mass is 10.3. The zero-order valence-corrected chi connectivity index (χ0v) is 10.2. The van der Waals surface area contributed by atoms with E-state index in [4.69, 9.17) is 10.9 Å². The smallest absolute Gasteiger partial charge is 0.0903 e. The molecule has 0 saturated heterocycles. The van der Waals surface area contributed by atoms with Gasteiger partial charge in [0.15, 0.2) is 0 Å². The van der Waals surface area contributed by atoms with Gasteiger partial charge in [0.05, 0.1) is 28.6 Å². The average molecular weight is 378 g/mol. The van der Waals surface area contributed by atoms with Crippen LogP contribution in [0.2, 0.25) is 0 Å². The second-order valence-electron chi connectivity index (χ2n) is 2.04. The van der Waals surface area contributed by atoms with Crippen molar-refractivity contribution in [2.24, 2.45) is 5.73 Å². The molecule has 1 aliphatic rings. The monoisotopic (exact) mass is 378 g/mol. The van der Waals surface area contributed by atoms with Crippen molar-refractivity contribution in [3.63, 3.8) is 0 Å². The first kappa shape index (κ1) is 9.46. The van der Waals surface area contributed by atoms with E-state index in [1.165, 1.54) is 3.58 Å². The first-order valence-corrected chi connectivity index (χ1v) is 6.19. The fourth-order valence-corrected chi connectivity index (χ4v) is 3.34. The first-order valence-electron chi connectivity index (χ1n) is 2.90. The molecule has 0 aromatic heterocycles. The molecule has 0 bridgehead atoms. The minimum Gasteiger partial charge on any atom is -0.398 e. The molecule has 0 radical (unpaired) electrons. The van der Waals surface area contributed by atoms with Crippen LogP contribution in [0.5, 0.6) is 0 Å². The quantitative estimate of drug-likeness (QED) is 0.417. The van der Waals surface area contributed by atoms with E-state index >= 15 is 0 Å². The summed E-state index contributed by atoms with van der Waals surface area (Å²) in [6.45, 7) is 2.02. The molecule has 0 spiro atoms. The zero-order chi connectivity index (χ0) is 8.43. The van der Waals surface area contributed by atoms with E-state index in [2.05, 4.69) is 0 Å². The van der Waals surface area contributed by atoms with Crippen LogP contribution < -0.4 is 5.73 Å². The minimum atomic E-state index is -0.107. The van der Waals surface area contributed by atoms with Crippen molar-refractivity contribution in [1.82, 2.24) is 3.28 Å². The standard InChI is InChI=1S/C6H8I2N2O/c1-4-6(10(7)11)2-5(9)3-8-4/h2-3,11H,9H2,1H3. The maximum atomic E-state index is 9.13. The Hall–Kier alpha value is 0.370. The summed E-state index contributed by atoms with van der Waals surface area (Å²) in [5.74, 6) is 0. The lowest BCUT2D eigenvalue weighted by Gasteiger charge is -2.13. The van der Waals surface area contributed by atoms with Gasteiger partial charge in [0, 0.05) is 9.28 Å². The van der Waals surface area contributed by atoms with Crippen LogP contribution >= 0.6 is 43.6 Å². The third-order valence-electron chi connectivity index (χ3n) is 1.20. The van der Waals surface area contributed by atoms with Gasteiger partial charge in [-0.2, -0.15) is 3.28 Å². The summed E-state index contributed by atoms with van der Waals surface area (Å²) >= 11 is 1.71. The molecule has 0 aromatic rings. The Balaban J connectivity index is 3.01. The van der Waals surface area contributed by atoms with Crippen molar-refractivity contribution in [2.45, 2.75) is 6.92 Å². The molecule has 1 rings (SSSR count). The van der Waals surface area contributed by atoms with E-state index in [9.17, 15) is 0 Å². The van der Waals surface area contributed by atoms with Gasteiger partial charge in [0.2, 0.25) is 0 Å². The molecule has 0 saturated carbocycles. The van der Waals surface area contributed by atoms with Crippen molar-refractivity contribution < 1.29 is 5.21 Å². The lowest BCUT2D eigenvalue weighted by molar-refractivity contribution is 0.0819. The summed E-state index contributed by atoms with van der Waals surface area (Å²) in [4.78, 5) is 0. The summed E-state index contributed by atoms with van der Waals surface area (Å²) in [6.07, 6.45) is 1.78. The maximum Gasteiger partial charge on any atom is 0.0903 e. The van der Waals surface area contributed by atoms with Crippen LogP contribution in [0.3, 0.4) is 0 Å². The number of rotatable bonds is 1. The minimum absolute atomic E-state index is 0.107. The normalized spacial score (nSPS) is 17.5. The SMILES string of the molecule is CC1=C(N(O)I)C=C(N)C=I1. The maximum absolute atomic E-state index is 9.13.